The molecule has 0 saturated carbocycles. The van der Waals surface area contributed by atoms with Crippen LogP contribution < -0.4 is 20.7 Å². The molecule has 0 radical (unpaired) electrons. The van der Waals surface area contributed by atoms with Gasteiger partial charge in [0.2, 0.25) is 0 Å². The van der Waals surface area contributed by atoms with Crippen LogP contribution in [-0.4, -0.2) is 48.0 Å². The Bertz CT molecular complexity index is 1170. The Morgan fingerprint density at radius 2 is 1.92 bits per heavy atom. The number of ether oxygens (including phenoxy) is 1. The summed E-state index contributed by atoms with van der Waals surface area (Å²) in [6.07, 6.45) is -0.801. The van der Waals surface area contributed by atoms with Gasteiger partial charge in [0, 0.05) is 36.4 Å². The largest absolute Gasteiger partial charge is 0.492 e. The number of anilines is 1. The van der Waals surface area contributed by atoms with Gasteiger partial charge in [0.05, 0.1) is 22.5 Å². The maximum Gasteiger partial charge on any atom is 0.416 e. The third-order valence-corrected chi connectivity index (χ3v) is 6.27. The fourth-order valence-electron chi connectivity index (χ4n) is 4.10. The molecule has 1 aliphatic heterocycles. The Morgan fingerprint density at radius 3 is 2.56 bits per heavy atom. The van der Waals surface area contributed by atoms with E-state index in [1.165, 1.54) is 6.20 Å². The Labute approximate surface area is 212 Å². The maximum absolute atomic E-state index is 12.8. The van der Waals surface area contributed by atoms with Gasteiger partial charge in [-0.1, -0.05) is 11.6 Å². The lowest BCUT2D eigenvalue weighted by Crippen LogP contribution is -2.41. The number of benzene rings is 2. The van der Waals surface area contributed by atoms with Crippen molar-refractivity contribution in [3.8, 4) is 17.0 Å². The van der Waals surface area contributed by atoms with Gasteiger partial charge in [0.1, 0.15) is 12.4 Å². The van der Waals surface area contributed by atoms with Gasteiger partial charge in [-0.15, -0.1) is 0 Å². The Morgan fingerprint density at radius 1 is 1.19 bits per heavy atom. The fourth-order valence-corrected chi connectivity index (χ4v) is 4.36. The number of carbonyl (C=O) groups excluding carboxylic acids is 1. The molecule has 192 valence electrons. The van der Waals surface area contributed by atoms with Crippen molar-refractivity contribution in [1.29, 1.82) is 0 Å². The minimum Gasteiger partial charge on any atom is -0.492 e. The van der Waals surface area contributed by atoms with E-state index in [4.69, 9.17) is 16.3 Å². The molecule has 2 heterocycles. The standard InChI is InChI=1S/C25H27ClF3N5O2/c1-34-23(21(26)15-32-34)20-14-19(33-24(35)16-2-4-17(5-3-16)25(27,28)29)6-7-22(20)36-13-12-31-18-8-10-30-11-9-18/h2-7,14-15,18,30-31H,8-13H2,1H3,(H,33,35). The van der Waals surface area contributed by atoms with Crippen LogP contribution in [0.25, 0.3) is 11.3 Å². The molecule has 36 heavy (non-hydrogen) atoms. The Kier molecular flexibility index (Phi) is 8.17. The first-order valence-electron chi connectivity index (χ1n) is 11.6. The lowest BCUT2D eigenvalue weighted by Gasteiger charge is -2.24. The highest BCUT2D eigenvalue weighted by atomic mass is 35.5. The highest BCUT2D eigenvalue weighted by Gasteiger charge is 2.30. The molecule has 4 rings (SSSR count). The van der Waals surface area contributed by atoms with Crippen LogP contribution in [0.15, 0.2) is 48.7 Å². The van der Waals surface area contributed by atoms with Crippen LogP contribution in [0.4, 0.5) is 18.9 Å². The van der Waals surface area contributed by atoms with Crippen LogP contribution in [0.5, 0.6) is 5.75 Å². The number of halogens is 4. The Hall–Kier alpha value is -3.08. The first kappa shape index (κ1) is 26.0. The normalized spacial score (nSPS) is 14.6. The van der Waals surface area contributed by atoms with Gasteiger partial charge >= 0.3 is 6.18 Å². The van der Waals surface area contributed by atoms with Crippen molar-refractivity contribution < 1.29 is 22.7 Å². The van der Waals surface area contributed by atoms with Crippen molar-refractivity contribution in [3.63, 3.8) is 0 Å². The van der Waals surface area contributed by atoms with Crippen LogP contribution in [-0.2, 0) is 13.2 Å². The quantitative estimate of drug-likeness (QED) is 0.373. The van der Waals surface area contributed by atoms with Gasteiger partial charge in [-0.05, 0) is 68.4 Å². The number of alkyl halides is 3. The molecule has 2 aromatic carbocycles. The third kappa shape index (κ3) is 6.37. The van der Waals surface area contributed by atoms with Gasteiger partial charge in [-0.25, -0.2) is 0 Å². The molecule has 1 saturated heterocycles. The SMILES string of the molecule is Cn1ncc(Cl)c1-c1cc(NC(=O)c2ccc(C(F)(F)F)cc2)ccc1OCCNC1CCNCC1. The molecule has 1 fully saturated rings. The van der Waals surface area contributed by atoms with E-state index in [1.807, 2.05) is 0 Å². The van der Waals surface area contributed by atoms with Gasteiger partial charge in [-0.2, -0.15) is 18.3 Å². The zero-order valence-electron chi connectivity index (χ0n) is 19.7. The topological polar surface area (TPSA) is 80.2 Å². The third-order valence-electron chi connectivity index (χ3n) is 5.99. The van der Waals surface area contributed by atoms with Crippen molar-refractivity contribution in [2.75, 3.05) is 31.6 Å². The molecule has 11 heteroatoms. The van der Waals surface area contributed by atoms with Crippen molar-refractivity contribution >= 4 is 23.2 Å². The number of rotatable bonds is 8. The number of hydrogen-bond acceptors (Lipinski definition) is 5. The lowest BCUT2D eigenvalue weighted by atomic mass is 10.1. The second-order valence-corrected chi connectivity index (χ2v) is 8.94. The van der Waals surface area contributed by atoms with Crippen LogP contribution in [0.2, 0.25) is 5.02 Å². The summed E-state index contributed by atoms with van der Waals surface area (Å²) < 4.78 is 46.1. The summed E-state index contributed by atoms with van der Waals surface area (Å²) in [6.45, 7) is 3.11. The number of carbonyl (C=O) groups is 1. The number of aromatic nitrogens is 2. The number of amides is 1. The first-order chi connectivity index (χ1) is 17.2. The van der Waals surface area contributed by atoms with Crippen molar-refractivity contribution in [2.24, 2.45) is 7.05 Å². The molecule has 3 N–H and O–H groups in total. The molecule has 7 nitrogen and oxygen atoms in total. The van der Waals surface area contributed by atoms with Crippen molar-refractivity contribution in [1.82, 2.24) is 20.4 Å². The molecular weight excluding hydrogens is 495 g/mol. The minimum absolute atomic E-state index is 0.104. The molecule has 3 aromatic rings. The monoisotopic (exact) mass is 521 g/mol. The maximum atomic E-state index is 12.8. The van der Waals surface area contributed by atoms with E-state index >= 15 is 0 Å². The van der Waals surface area contributed by atoms with E-state index in [0.29, 0.717) is 46.9 Å². The molecule has 1 amide bonds. The molecule has 1 aromatic heterocycles. The highest BCUT2D eigenvalue weighted by molar-refractivity contribution is 6.33. The lowest BCUT2D eigenvalue weighted by molar-refractivity contribution is -0.137. The van der Waals surface area contributed by atoms with E-state index in [0.717, 1.165) is 50.2 Å². The average Bonchev–Trinajstić information content (AvgIpc) is 3.20. The Balaban J connectivity index is 1.49. The van der Waals surface area contributed by atoms with Crippen LogP contribution >= 0.6 is 11.6 Å². The number of aryl methyl sites for hydroxylation is 1. The second-order valence-electron chi connectivity index (χ2n) is 8.53. The van der Waals surface area contributed by atoms with Gasteiger partial charge in [-0.3, -0.25) is 9.48 Å². The van der Waals surface area contributed by atoms with E-state index in [2.05, 4.69) is 21.0 Å². The molecular formula is C25H27ClF3N5O2. The van der Waals surface area contributed by atoms with E-state index in [-0.39, 0.29) is 5.56 Å². The molecule has 0 bridgehead atoms. The summed E-state index contributed by atoms with van der Waals surface area (Å²) in [5, 5.41) is 14.2. The summed E-state index contributed by atoms with van der Waals surface area (Å²) in [5.74, 6) is 0.0331. The van der Waals surface area contributed by atoms with Gasteiger partial charge in [0.15, 0.2) is 0 Å². The summed E-state index contributed by atoms with van der Waals surface area (Å²) >= 11 is 6.38. The smallest absolute Gasteiger partial charge is 0.416 e. The number of hydrogen-bond donors (Lipinski definition) is 3. The summed E-state index contributed by atoms with van der Waals surface area (Å²) in [5.41, 5.74) is 0.971. The van der Waals surface area contributed by atoms with E-state index in [9.17, 15) is 18.0 Å². The van der Waals surface area contributed by atoms with Crippen molar-refractivity contribution in [2.45, 2.75) is 25.1 Å². The van der Waals surface area contributed by atoms with Crippen molar-refractivity contribution in [3.05, 3.63) is 64.8 Å². The van der Waals surface area contributed by atoms with Crippen LogP contribution in [0.3, 0.4) is 0 Å². The molecule has 1 aliphatic rings. The molecule has 0 aliphatic carbocycles. The summed E-state index contributed by atoms with van der Waals surface area (Å²) in [7, 11) is 1.75. The predicted octanol–water partition coefficient (Wildman–Crippen LogP) is 4.73. The highest BCUT2D eigenvalue weighted by Crippen LogP contribution is 2.37. The van der Waals surface area contributed by atoms with E-state index in [1.54, 1.807) is 29.9 Å². The number of nitrogens with one attached hydrogen (secondary N) is 3. The predicted molar refractivity (Wildman–Crippen MR) is 132 cm³/mol. The number of nitrogens with zero attached hydrogens (tertiary/aromatic N) is 2. The minimum atomic E-state index is -4.47. The van der Waals surface area contributed by atoms with Crippen LogP contribution in [0.1, 0.15) is 28.8 Å². The van der Waals surface area contributed by atoms with E-state index < -0.39 is 17.6 Å². The fraction of sp³-hybridized carbons (Fsp3) is 0.360. The molecule has 0 atom stereocenters. The first-order valence-corrected chi connectivity index (χ1v) is 12.0. The second kappa shape index (κ2) is 11.3. The molecule has 0 spiro atoms. The summed E-state index contributed by atoms with van der Waals surface area (Å²) in [4.78, 5) is 12.7. The van der Waals surface area contributed by atoms with Crippen LogP contribution in [0, 0.1) is 0 Å². The zero-order chi connectivity index (χ0) is 25.7. The zero-order valence-corrected chi connectivity index (χ0v) is 20.4. The molecule has 0 unspecified atom stereocenters. The van der Waals surface area contributed by atoms with Gasteiger partial charge < -0.3 is 20.7 Å². The number of piperidine rings is 1. The average molecular weight is 522 g/mol. The van der Waals surface area contributed by atoms with Gasteiger partial charge in [0.25, 0.3) is 5.91 Å². The summed E-state index contributed by atoms with van der Waals surface area (Å²) in [6, 6.07) is 9.61.